The first-order valence-electron chi connectivity index (χ1n) is 12.5. The number of hydrogen-bond acceptors (Lipinski definition) is 4. The van der Waals surface area contributed by atoms with Crippen LogP contribution in [0.4, 0.5) is 37.7 Å². The highest BCUT2D eigenvalue weighted by Gasteiger charge is 2.36. The number of nitrogen functional groups attached to an aromatic ring is 2. The summed E-state index contributed by atoms with van der Waals surface area (Å²) in [6.45, 7) is 0. The molecule has 5 aromatic rings. The minimum atomic E-state index is -4.71. The molecule has 0 saturated carbocycles. The van der Waals surface area contributed by atoms with Crippen LogP contribution in [0.15, 0.2) is 109 Å². The van der Waals surface area contributed by atoms with Crippen molar-refractivity contribution in [3.63, 3.8) is 0 Å². The molecule has 10 heteroatoms. The first kappa shape index (κ1) is 28.4. The van der Waals surface area contributed by atoms with Gasteiger partial charge in [0, 0.05) is 11.4 Å². The Labute approximate surface area is 236 Å². The van der Waals surface area contributed by atoms with E-state index >= 15 is 0 Å². The first-order chi connectivity index (χ1) is 19.9. The van der Waals surface area contributed by atoms with Crippen LogP contribution in [0.3, 0.4) is 0 Å². The Bertz CT molecular complexity index is 1570. The summed E-state index contributed by atoms with van der Waals surface area (Å²) in [7, 11) is 0. The molecule has 0 spiro atoms. The maximum atomic E-state index is 13.9. The Morgan fingerprint density at radius 3 is 1.02 bits per heavy atom. The third-order valence-electron chi connectivity index (χ3n) is 6.34. The molecule has 5 aromatic carbocycles. The molecule has 0 radical (unpaired) electrons. The van der Waals surface area contributed by atoms with E-state index in [9.17, 15) is 26.3 Å². The SMILES string of the molecule is Nc1ccc(Oc2ccc(-c3ccc(-c4ccc(Oc5ccc(N)cc5)c(C(F)(F)F)c4)cc3)cc2C(F)(F)F)cc1. The van der Waals surface area contributed by atoms with Gasteiger partial charge in [-0.15, -0.1) is 0 Å². The highest BCUT2D eigenvalue weighted by atomic mass is 19.4. The molecule has 0 fully saturated rings. The van der Waals surface area contributed by atoms with Crippen molar-refractivity contribution in [1.29, 1.82) is 0 Å². The Balaban J connectivity index is 1.43. The Morgan fingerprint density at radius 2 is 0.714 bits per heavy atom. The molecule has 0 aliphatic carbocycles. The van der Waals surface area contributed by atoms with Crippen LogP contribution in [0.5, 0.6) is 23.0 Å². The maximum absolute atomic E-state index is 13.9. The quantitative estimate of drug-likeness (QED) is 0.155. The van der Waals surface area contributed by atoms with Gasteiger partial charge in [0.05, 0.1) is 11.1 Å². The summed E-state index contributed by atoms with van der Waals surface area (Å²) in [6.07, 6.45) is -9.41. The number of rotatable bonds is 6. The van der Waals surface area contributed by atoms with Crippen LogP contribution in [0.1, 0.15) is 11.1 Å². The smallest absolute Gasteiger partial charge is 0.420 e. The number of benzene rings is 5. The highest BCUT2D eigenvalue weighted by Crippen LogP contribution is 2.42. The fraction of sp³-hybridized carbons (Fsp3) is 0.0625. The Morgan fingerprint density at radius 1 is 0.405 bits per heavy atom. The summed E-state index contributed by atoms with van der Waals surface area (Å²) in [5.41, 5.74) is 11.5. The van der Waals surface area contributed by atoms with Gasteiger partial charge in [0.25, 0.3) is 0 Å². The van der Waals surface area contributed by atoms with Crippen molar-refractivity contribution in [1.82, 2.24) is 0 Å². The summed E-state index contributed by atoms with van der Waals surface area (Å²) in [5.74, 6) is -0.382. The van der Waals surface area contributed by atoms with E-state index in [1.54, 1.807) is 0 Å². The van der Waals surface area contributed by atoms with Gasteiger partial charge in [-0.1, -0.05) is 36.4 Å². The average molecular weight is 581 g/mol. The lowest BCUT2D eigenvalue weighted by Gasteiger charge is -2.16. The van der Waals surface area contributed by atoms with E-state index < -0.39 is 23.5 Å². The van der Waals surface area contributed by atoms with E-state index in [1.807, 2.05) is 0 Å². The zero-order chi connectivity index (χ0) is 30.1. The lowest BCUT2D eigenvalue weighted by Crippen LogP contribution is -2.07. The molecule has 0 aliphatic rings. The topological polar surface area (TPSA) is 70.5 Å². The van der Waals surface area contributed by atoms with E-state index in [2.05, 4.69) is 0 Å². The van der Waals surface area contributed by atoms with Gasteiger partial charge in [0.2, 0.25) is 0 Å². The van der Waals surface area contributed by atoms with E-state index in [-0.39, 0.29) is 34.1 Å². The zero-order valence-corrected chi connectivity index (χ0v) is 21.6. The van der Waals surface area contributed by atoms with Crippen LogP contribution in [0.25, 0.3) is 22.3 Å². The minimum absolute atomic E-state index is 0.190. The Kier molecular flexibility index (Phi) is 7.47. The lowest BCUT2D eigenvalue weighted by molar-refractivity contribution is -0.139. The van der Waals surface area contributed by atoms with Gasteiger partial charge in [0.15, 0.2) is 0 Å². The second kappa shape index (κ2) is 11.0. The van der Waals surface area contributed by atoms with Crippen LogP contribution in [0, 0.1) is 0 Å². The van der Waals surface area contributed by atoms with E-state index in [0.717, 1.165) is 12.1 Å². The van der Waals surface area contributed by atoms with Crippen molar-refractivity contribution in [3.05, 3.63) is 120 Å². The van der Waals surface area contributed by atoms with Crippen LogP contribution in [-0.2, 0) is 12.4 Å². The van der Waals surface area contributed by atoms with Gasteiger partial charge in [0.1, 0.15) is 23.0 Å². The maximum Gasteiger partial charge on any atom is 0.420 e. The molecule has 214 valence electrons. The van der Waals surface area contributed by atoms with Crippen LogP contribution in [-0.4, -0.2) is 0 Å². The molecule has 0 atom stereocenters. The van der Waals surface area contributed by atoms with Gasteiger partial charge in [-0.25, -0.2) is 0 Å². The molecule has 0 saturated heterocycles. The van der Waals surface area contributed by atoms with Crippen molar-refractivity contribution in [3.8, 4) is 45.3 Å². The average Bonchev–Trinajstić information content (AvgIpc) is 2.95. The molecule has 0 aromatic heterocycles. The number of nitrogens with two attached hydrogens (primary N) is 2. The number of ether oxygens (including phenoxy) is 2. The molecule has 0 unspecified atom stereocenters. The molecule has 0 amide bonds. The summed E-state index contributed by atoms with van der Waals surface area (Å²) in [5, 5.41) is 0. The zero-order valence-electron chi connectivity index (χ0n) is 21.6. The van der Waals surface area contributed by atoms with E-state index in [4.69, 9.17) is 20.9 Å². The van der Waals surface area contributed by atoms with Crippen LogP contribution >= 0.6 is 0 Å². The van der Waals surface area contributed by atoms with Crippen LogP contribution in [0.2, 0.25) is 0 Å². The summed E-state index contributed by atoms with van der Waals surface area (Å²) in [4.78, 5) is 0. The number of alkyl halides is 6. The van der Waals surface area contributed by atoms with Crippen LogP contribution < -0.4 is 20.9 Å². The fourth-order valence-electron chi connectivity index (χ4n) is 4.22. The molecule has 0 aliphatic heterocycles. The van der Waals surface area contributed by atoms with Crippen molar-refractivity contribution >= 4 is 11.4 Å². The second-order valence-electron chi connectivity index (χ2n) is 9.34. The largest absolute Gasteiger partial charge is 0.457 e. The molecular weight excluding hydrogens is 558 g/mol. The molecular formula is C32H22F6N2O2. The van der Waals surface area contributed by atoms with Gasteiger partial charge >= 0.3 is 12.4 Å². The Hall–Kier alpha value is -5.12. The van der Waals surface area contributed by atoms with Gasteiger partial charge in [-0.2, -0.15) is 26.3 Å². The minimum Gasteiger partial charge on any atom is -0.457 e. The molecule has 5 rings (SSSR count). The van der Waals surface area contributed by atoms with Gasteiger partial charge in [-0.05, 0) is 95.1 Å². The van der Waals surface area contributed by atoms with Gasteiger partial charge in [-0.3, -0.25) is 0 Å². The number of halogens is 6. The molecule has 0 heterocycles. The van der Waals surface area contributed by atoms with Crippen molar-refractivity contribution in [2.45, 2.75) is 12.4 Å². The third-order valence-corrected chi connectivity index (χ3v) is 6.34. The lowest BCUT2D eigenvalue weighted by atomic mass is 9.97. The summed E-state index contributed by atoms with van der Waals surface area (Å²) < 4.78 is 94.4. The molecule has 0 bridgehead atoms. The molecule has 4 N–H and O–H groups in total. The van der Waals surface area contributed by atoms with E-state index in [0.29, 0.717) is 22.5 Å². The van der Waals surface area contributed by atoms with Crippen molar-refractivity contribution in [2.24, 2.45) is 0 Å². The van der Waals surface area contributed by atoms with Gasteiger partial charge < -0.3 is 20.9 Å². The first-order valence-corrected chi connectivity index (χ1v) is 12.5. The van der Waals surface area contributed by atoms with E-state index in [1.165, 1.54) is 97.1 Å². The molecule has 4 nitrogen and oxygen atoms in total. The highest BCUT2D eigenvalue weighted by molar-refractivity contribution is 5.72. The summed E-state index contributed by atoms with van der Waals surface area (Å²) in [6, 6.07) is 25.4. The normalized spacial score (nSPS) is 11.8. The monoisotopic (exact) mass is 580 g/mol. The molecule has 42 heavy (non-hydrogen) atoms. The number of anilines is 2. The van der Waals surface area contributed by atoms with Crippen molar-refractivity contribution in [2.75, 3.05) is 11.5 Å². The summed E-state index contributed by atoms with van der Waals surface area (Å²) >= 11 is 0. The predicted molar refractivity (Wildman–Crippen MR) is 149 cm³/mol. The van der Waals surface area contributed by atoms with Crippen molar-refractivity contribution < 1.29 is 35.8 Å². The predicted octanol–water partition coefficient (Wildman–Crippen LogP) is 9.81. The standard InChI is InChI=1S/C32H22F6N2O2/c33-31(34,35)27-17-21(5-15-29(27)41-25-11-7-23(39)8-12-25)19-1-2-20(4-3-19)22-6-16-30(28(18-22)32(36,37)38)42-26-13-9-24(40)10-14-26/h1-18H,39-40H2. The third kappa shape index (κ3) is 6.43. The number of hydrogen-bond donors (Lipinski definition) is 2. The second-order valence-corrected chi connectivity index (χ2v) is 9.34. The fourth-order valence-corrected chi connectivity index (χ4v) is 4.22.